The quantitative estimate of drug-likeness (QED) is 0.246. The first-order valence-corrected chi connectivity index (χ1v) is 34.7. The van der Waals surface area contributed by atoms with E-state index < -0.39 is 0 Å². The molecule has 0 radical (unpaired) electrons. The maximum absolute atomic E-state index is 9.58. The molecule has 0 heterocycles. The molecule has 0 aliphatic rings. The van der Waals surface area contributed by atoms with E-state index >= 15 is 0 Å². The van der Waals surface area contributed by atoms with E-state index in [0.29, 0.717) is 0 Å². The molecule has 0 saturated heterocycles. The average molecular weight is 593 g/mol. The van der Waals surface area contributed by atoms with Crippen molar-refractivity contribution in [3.63, 3.8) is 0 Å². The number of hydrogen-bond donors (Lipinski definition) is 0. The van der Waals surface area contributed by atoms with Gasteiger partial charge >= 0.3 is 0 Å². The highest BCUT2D eigenvalue weighted by atomic mass is 33.0. The molecule has 0 aliphatic carbocycles. The first-order valence-electron chi connectivity index (χ1n) is 4.81. The Balaban J connectivity index is 5.93. The van der Waals surface area contributed by atoms with E-state index in [1.807, 2.05) is 0 Å². The van der Waals surface area contributed by atoms with Crippen LogP contribution in [0, 0.1) is 0 Å². The highest BCUT2D eigenvalue weighted by Crippen LogP contribution is 3.13. The van der Waals surface area contributed by atoms with Crippen molar-refractivity contribution < 1.29 is 1.37 Å². The molecule has 0 rings (SSSR count). The van der Waals surface area contributed by atoms with Gasteiger partial charge in [-0.3, -0.25) is 0 Å². The van der Waals surface area contributed by atoms with E-state index in [0.717, 1.165) is 7.96 Å². The summed E-state index contributed by atoms with van der Waals surface area (Å²) in [4.78, 5) is 0. The monoisotopic (exact) mass is 593 g/mol. The summed E-state index contributed by atoms with van der Waals surface area (Å²) in [6.07, 6.45) is 0. The first-order chi connectivity index (χ1) is 9.01. The minimum atomic E-state index is -0.343. The lowest BCUT2D eigenvalue weighted by Crippen LogP contribution is -1.87. The summed E-state index contributed by atoms with van der Waals surface area (Å²) in [7, 11) is 30.0. The van der Waals surface area contributed by atoms with E-state index in [2.05, 4.69) is 89.3 Å². The molecular formula is CH22P18. The van der Waals surface area contributed by atoms with Crippen LogP contribution in [0.5, 0.6) is 0 Å². The Kier molecular flexibility index (Phi) is 19.2. The highest BCUT2D eigenvalue weighted by molar-refractivity contribution is 9.04. The van der Waals surface area contributed by atoms with E-state index in [9.17, 15) is 1.37 Å². The molecule has 12 unspecified atom stereocenters. The molecule has 0 aliphatic heterocycles. The lowest BCUT2D eigenvalue weighted by molar-refractivity contribution is 2.05. The Morgan fingerprint density at radius 3 is 1.11 bits per heavy atom. The molecule has 18 heteroatoms. The molecule has 0 aromatic heterocycles. The zero-order valence-corrected chi connectivity index (χ0v) is 28.7. The topological polar surface area (TPSA) is 0 Å². The standard InChI is InChI=1S/CH22P18/c2-12-13(3)1(14(16(4)5)17(6)7)15(18(8)9)19(10)11/h1,12H,2-11H2/i1D. The molecule has 0 amide bonds. The second-order valence-corrected chi connectivity index (χ2v) is 61.3. The molecule has 0 aromatic carbocycles. The predicted molar refractivity (Wildman–Crippen MR) is 158 cm³/mol. The molecule has 0 nitrogen and oxygen atoms in total. The summed E-state index contributed by atoms with van der Waals surface area (Å²) in [5, 5.41) is -0.223. The smallest absolute Gasteiger partial charge is 0.0472 e. The lowest BCUT2D eigenvalue weighted by atomic mass is 11.9. The van der Waals surface area contributed by atoms with E-state index in [-0.39, 0.29) is 55.0 Å². The van der Waals surface area contributed by atoms with Gasteiger partial charge in [-0.2, -0.15) is 0 Å². The van der Waals surface area contributed by atoms with Gasteiger partial charge < -0.3 is 0 Å². The molecule has 0 saturated carbocycles. The zero-order chi connectivity index (χ0) is 16.2. The minimum absolute atomic E-state index is 0.216. The van der Waals surface area contributed by atoms with Crippen molar-refractivity contribution in [1.29, 1.82) is 0 Å². The van der Waals surface area contributed by atoms with Crippen LogP contribution in [0.15, 0.2) is 0 Å². The molecule has 0 fully saturated rings. The third-order valence-corrected chi connectivity index (χ3v) is 69.2. The van der Waals surface area contributed by atoms with Crippen molar-refractivity contribution in [2.45, 2.75) is 5.12 Å². The maximum atomic E-state index is 9.58. The fourth-order valence-electron chi connectivity index (χ4n) is 0.982. The number of hydrogen-bond acceptors (Lipinski definition) is 0. The van der Waals surface area contributed by atoms with Crippen LogP contribution in [0.25, 0.3) is 0 Å². The van der Waals surface area contributed by atoms with Gasteiger partial charge in [-0.25, -0.2) is 0 Å². The van der Waals surface area contributed by atoms with Crippen molar-refractivity contribution in [2.24, 2.45) is 0 Å². The van der Waals surface area contributed by atoms with Crippen molar-refractivity contribution >= 4 is 147 Å². The fraction of sp³-hybridized carbons (Fsp3) is 1.00. The van der Waals surface area contributed by atoms with Crippen LogP contribution < -0.4 is 0 Å². The van der Waals surface area contributed by atoms with E-state index in [1.54, 1.807) is 0 Å². The summed E-state index contributed by atoms with van der Waals surface area (Å²) in [5.74, 6) is 0. The Hall–Kier alpha value is 7.74. The van der Waals surface area contributed by atoms with Crippen LogP contribution in [-0.2, 0) is 0 Å². The van der Waals surface area contributed by atoms with Gasteiger partial charge in [-0.15, -0.1) is 89.3 Å². The summed E-state index contributed by atoms with van der Waals surface area (Å²) < 4.78 is 9.58. The second kappa shape index (κ2) is 14.7. The Labute approximate surface area is 152 Å². The average Bonchev–Trinajstić information content (AvgIpc) is 2.25. The predicted octanol–water partition coefficient (Wildman–Crippen LogP) is 9.80. The highest BCUT2D eigenvalue weighted by Gasteiger charge is 2.40. The first kappa shape index (κ1) is 24.8. The largest absolute Gasteiger partial charge is 0.110 e. The summed E-state index contributed by atoms with van der Waals surface area (Å²) >= 11 is 0. The van der Waals surface area contributed by atoms with Crippen LogP contribution >= 0.6 is 147 Å². The molecule has 12 atom stereocenters. The molecule has 0 bridgehead atoms. The zero-order valence-electron chi connectivity index (χ0n) is 10.9. The molecule has 116 valence electrons. The Bertz CT molecular complexity index is 235. The van der Waals surface area contributed by atoms with Gasteiger partial charge in [0.05, 0.1) is 0 Å². The summed E-state index contributed by atoms with van der Waals surface area (Å²) in [6, 6.07) is 0. The van der Waals surface area contributed by atoms with Gasteiger partial charge in [0.1, 0.15) is 0 Å². The van der Waals surface area contributed by atoms with Gasteiger partial charge in [0.15, 0.2) is 0 Å². The lowest BCUT2D eigenvalue weighted by Gasteiger charge is -2.44. The third-order valence-electron chi connectivity index (χ3n) is 1.59. The van der Waals surface area contributed by atoms with Gasteiger partial charge in [0.2, 0.25) is 0 Å². The van der Waals surface area contributed by atoms with Gasteiger partial charge in [0.25, 0.3) is 0 Å². The molecule has 0 aromatic rings. The Morgan fingerprint density at radius 1 is 0.684 bits per heavy atom. The molecular weight excluding hydrogens is 570 g/mol. The van der Waals surface area contributed by atoms with Gasteiger partial charge in [0, 0.05) is 6.49 Å². The van der Waals surface area contributed by atoms with Gasteiger partial charge in [-0.1, -0.05) is 7.96 Å². The summed E-state index contributed by atoms with van der Waals surface area (Å²) in [6.45, 7) is -0.863. The van der Waals surface area contributed by atoms with Crippen molar-refractivity contribution in [2.75, 3.05) is 0 Å². The van der Waals surface area contributed by atoms with Crippen LogP contribution in [0.1, 0.15) is 1.37 Å². The SMILES string of the molecule is [2H]C(P(P)PP)(P(P(P)P)P(P)P)P(P(P)P)P(P)P. The van der Waals surface area contributed by atoms with Crippen LogP contribution in [0.3, 0.4) is 0 Å². The molecule has 19 heavy (non-hydrogen) atoms. The van der Waals surface area contributed by atoms with Crippen LogP contribution in [-0.4, -0.2) is 5.12 Å². The second-order valence-electron chi connectivity index (χ2n) is 2.90. The maximum Gasteiger partial charge on any atom is 0.0472 e. The third kappa shape index (κ3) is 10.2. The van der Waals surface area contributed by atoms with Crippen LogP contribution in [0.4, 0.5) is 0 Å². The molecule has 0 N–H and O–H groups in total. The fourth-order valence-corrected chi connectivity index (χ4v) is 118. The minimum Gasteiger partial charge on any atom is -0.110 e. The normalized spacial score (nSPS) is 16.9. The van der Waals surface area contributed by atoms with Crippen molar-refractivity contribution in [3.8, 4) is 0 Å². The van der Waals surface area contributed by atoms with Crippen LogP contribution in [0.2, 0.25) is 0 Å². The van der Waals surface area contributed by atoms with E-state index in [1.165, 1.54) is 0 Å². The van der Waals surface area contributed by atoms with Gasteiger partial charge in [-0.05, 0) is 49.8 Å². The number of rotatable bonds is 8. The van der Waals surface area contributed by atoms with Crippen molar-refractivity contribution in [3.05, 3.63) is 0 Å². The summed E-state index contributed by atoms with van der Waals surface area (Å²) in [5.41, 5.74) is 0. The molecule has 0 spiro atoms. The Morgan fingerprint density at radius 2 is 0.947 bits per heavy atom. The van der Waals surface area contributed by atoms with Crippen molar-refractivity contribution in [1.82, 2.24) is 0 Å². The van der Waals surface area contributed by atoms with E-state index in [4.69, 9.17) is 0 Å².